The molecule has 0 aliphatic carbocycles. The smallest absolute Gasteiger partial charge is 0.0503 e. The Morgan fingerprint density at radius 3 is 1.73 bits per heavy atom. The van der Waals surface area contributed by atoms with Crippen LogP contribution in [-0.4, -0.2) is 0 Å². The first kappa shape index (κ1) is 34.4. The fraction of sp³-hybridized carbons (Fsp3) is 0.132. The van der Waals surface area contributed by atoms with E-state index < -0.39 is 0 Å². The Balaban J connectivity index is 1.04. The van der Waals surface area contributed by atoms with E-state index in [-0.39, 0.29) is 10.8 Å². The Morgan fingerprint density at radius 2 is 1.00 bits per heavy atom. The van der Waals surface area contributed by atoms with Crippen LogP contribution in [0.5, 0.6) is 0 Å². The van der Waals surface area contributed by atoms with E-state index in [1.165, 1.54) is 66.4 Å². The zero-order valence-electron chi connectivity index (χ0n) is 32.3. The standard InChI is InChI=1S/C53H46N2/c1-52(2,3)43-26-30-45(31-27-43)55-50-18-12-11-17-48(50)53(4,5)49-34-38(22-32-51(49)55)20-19-37-21-23-42-36-47(29-25-41(42)33-37)54(44-15-7-6-8-16-44)46-28-24-39-13-9-10-14-40(39)35-46/h6-36H,1-5H3/b20-19+. The van der Waals surface area contributed by atoms with Crippen LogP contribution in [0, 0.1) is 0 Å². The number of benzene rings is 8. The lowest BCUT2D eigenvalue weighted by atomic mass is 9.73. The van der Waals surface area contributed by atoms with Crippen LogP contribution in [0.25, 0.3) is 33.7 Å². The van der Waals surface area contributed by atoms with Crippen molar-refractivity contribution in [3.05, 3.63) is 204 Å². The SMILES string of the molecule is CC(C)(C)c1ccc(N2c3ccccc3C(C)(C)c3cc(/C=C/c4ccc5cc(N(c6ccccc6)c6ccc7ccccc7c6)ccc5c4)ccc32)cc1. The number of hydrogen-bond donors (Lipinski definition) is 0. The molecule has 268 valence electrons. The van der Waals surface area contributed by atoms with Crippen LogP contribution in [0.15, 0.2) is 176 Å². The van der Waals surface area contributed by atoms with E-state index in [2.05, 4.69) is 232 Å². The summed E-state index contributed by atoms with van der Waals surface area (Å²) in [6.07, 6.45) is 4.50. The van der Waals surface area contributed by atoms with Crippen molar-refractivity contribution in [2.24, 2.45) is 0 Å². The lowest BCUT2D eigenvalue weighted by Crippen LogP contribution is -2.30. The van der Waals surface area contributed by atoms with Gasteiger partial charge in [0.25, 0.3) is 0 Å². The van der Waals surface area contributed by atoms with Crippen LogP contribution in [-0.2, 0) is 10.8 Å². The summed E-state index contributed by atoms with van der Waals surface area (Å²) in [5.74, 6) is 0. The maximum absolute atomic E-state index is 2.44. The van der Waals surface area contributed by atoms with Gasteiger partial charge in [0.1, 0.15) is 0 Å². The Labute approximate surface area is 325 Å². The first-order valence-corrected chi connectivity index (χ1v) is 19.3. The molecule has 55 heavy (non-hydrogen) atoms. The predicted molar refractivity (Wildman–Crippen MR) is 237 cm³/mol. The molecule has 0 fully saturated rings. The van der Waals surface area contributed by atoms with Gasteiger partial charge in [-0.3, -0.25) is 0 Å². The van der Waals surface area contributed by atoms with Crippen LogP contribution >= 0.6 is 0 Å². The molecule has 1 heterocycles. The average molecular weight is 711 g/mol. The number of nitrogens with zero attached hydrogens (tertiary/aromatic N) is 2. The van der Waals surface area contributed by atoms with Gasteiger partial charge in [-0.05, 0) is 128 Å². The zero-order valence-corrected chi connectivity index (χ0v) is 32.3. The van der Waals surface area contributed by atoms with Gasteiger partial charge in [-0.1, -0.05) is 150 Å². The topological polar surface area (TPSA) is 6.48 Å². The number of hydrogen-bond acceptors (Lipinski definition) is 2. The minimum absolute atomic E-state index is 0.107. The summed E-state index contributed by atoms with van der Waals surface area (Å²) in [5.41, 5.74) is 13.4. The molecule has 2 nitrogen and oxygen atoms in total. The Bertz CT molecular complexity index is 2710. The van der Waals surface area contributed by atoms with E-state index in [4.69, 9.17) is 0 Å². The van der Waals surface area contributed by atoms with Gasteiger partial charge in [0, 0.05) is 28.2 Å². The van der Waals surface area contributed by atoms with Crippen molar-refractivity contribution < 1.29 is 0 Å². The number of fused-ring (bicyclic) bond motifs is 4. The van der Waals surface area contributed by atoms with E-state index in [0.717, 1.165) is 17.1 Å². The number of anilines is 6. The highest BCUT2D eigenvalue weighted by Gasteiger charge is 2.36. The van der Waals surface area contributed by atoms with Crippen molar-refractivity contribution in [1.29, 1.82) is 0 Å². The van der Waals surface area contributed by atoms with Crippen molar-refractivity contribution in [3.8, 4) is 0 Å². The summed E-state index contributed by atoms with van der Waals surface area (Å²) in [6, 6.07) is 64.4. The fourth-order valence-electron chi connectivity index (χ4n) is 8.24. The molecule has 1 aliphatic rings. The number of para-hydroxylation sites is 2. The summed E-state index contributed by atoms with van der Waals surface area (Å²) in [7, 11) is 0. The average Bonchev–Trinajstić information content (AvgIpc) is 3.20. The van der Waals surface area contributed by atoms with E-state index in [0.29, 0.717) is 0 Å². The molecule has 9 rings (SSSR count). The van der Waals surface area contributed by atoms with Gasteiger partial charge < -0.3 is 9.80 Å². The first-order valence-electron chi connectivity index (χ1n) is 19.3. The molecule has 0 saturated heterocycles. The molecule has 0 aromatic heterocycles. The predicted octanol–water partition coefficient (Wildman–Crippen LogP) is 15.0. The molecule has 0 saturated carbocycles. The van der Waals surface area contributed by atoms with E-state index in [9.17, 15) is 0 Å². The van der Waals surface area contributed by atoms with Gasteiger partial charge >= 0.3 is 0 Å². The van der Waals surface area contributed by atoms with Gasteiger partial charge in [-0.25, -0.2) is 0 Å². The third-order valence-electron chi connectivity index (χ3n) is 11.3. The molecule has 0 amide bonds. The molecule has 8 aromatic carbocycles. The quantitative estimate of drug-likeness (QED) is 0.159. The van der Waals surface area contributed by atoms with Crippen LogP contribution in [0.3, 0.4) is 0 Å². The Morgan fingerprint density at radius 1 is 0.455 bits per heavy atom. The second kappa shape index (κ2) is 13.5. The van der Waals surface area contributed by atoms with Crippen molar-refractivity contribution in [2.45, 2.75) is 45.4 Å². The molecule has 8 aromatic rings. The maximum atomic E-state index is 2.44. The highest BCUT2D eigenvalue weighted by molar-refractivity contribution is 5.94. The minimum atomic E-state index is -0.154. The maximum Gasteiger partial charge on any atom is 0.0503 e. The van der Waals surface area contributed by atoms with Gasteiger partial charge in [-0.2, -0.15) is 0 Å². The second-order valence-corrected chi connectivity index (χ2v) is 16.4. The molecule has 0 unspecified atom stereocenters. The normalized spacial score (nSPS) is 13.6. The molecule has 2 heteroatoms. The second-order valence-electron chi connectivity index (χ2n) is 16.4. The minimum Gasteiger partial charge on any atom is -0.310 e. The zero-order chi connectivity index (χ0) is 37.7. The molecule has 0 N–H and O–H groups in total. The largest absolute Gasteiger partial charge is 0.310 e. The van der Waals surface area contributed by atoms with E-state index in [1.807, 2.05) is 0 Å². The molecule has 0 atom stereocenters. The van der Waals surface area contributed by atoms with Crippen molar-refractivity contribution in [2.75, 3.05) is 9.80 Å². The molecule has 0 bridgehead atoms. The molecular formula is C53H46N2. The molecule has 0 spiro atoms. The van der Waals surface area contributed by atoms with E-state index >= 15 is 0 Å². The fourth-order valence-corrected chi connectivity index (χ4v) is 8.24. The highest BCUT2D eigenvalue weighted by Crippen LogP contribution is 2.52. The van der Waals surface area contributed by atoms with Crippen LogP contribution < -0.4 is 9.80 Å². The van der Waals surface area contributed by atoms with Gasteiger partial charge in [0.2, 0.25) is 0 Å². The highest BCUT2D eigenvalue weighted by atomic mass is 15.2. The Kier molecular flexibility index (Phi) is 8.43. The summed E-state index contributed by atoms with van der Waals surface area (Å²) in [6.45, 7) is 11.5. The summed E-state index contributed by atoms with van der Waals surface area (Å²) < 4.78 is 0. The summed E-state index contributed by atoms with van der Waals surface area (Å²) >= 11 is 0. The van der Waals surface area contributed by atoms with E-state index in [1.54, 1.807) is 0 Å². The number of rotatable bonds is 6. The molecule has 0 radical (unpaired) electrons. The Hall–Kier alpha value is -6.38. The van der Waals surface area contributed by atoms with Crippen LogP contribution in [0.4, 0.5) is 34.1 Å². The molecular weight excluding hydrogens is 665 g/mol. The third-order valence-corrected chi connectivity index (χ3v) is 11.3. The van der Waals surface area contributed by atoms with Crippen molar-refractivity contribution in [1.82, 2.24) is 0 Å². The van der Waals surface area contributed by atoms with Crippen LogP contribution in [0.2, 0.25) is 0 Å². The van der Waals surface area contributed by atoms with Gasteiger partial charge in [0.05, 0.1) is 11.4 Å². The van der Waals surface area contributed by atoms with Crippen molar-refractivity contribution >= 4 is 67.8 Å². The van der Waals surface area contributed by atoms with Gasteiger partial charge in [-0.15, -0.1) is 0 Å². The van der Waals surface area contributed by atoms with Crippen LogP contribution in [0.1, 0.15) is 62.4 Å². The first-order chi connectivity index (χ1) is 26.6. The third kappa shape index (κ3) is 6.38. The van der Waals surface area contributed by atoms with Crippen molar-refractivity contribution in [3.63, 3.8) is 0 Å². The monoisotopic (exact) mass is 710 g/mol. The lowest BCUT2D eigenvalue weighted by Gasteiger charge is -2.42. The molecule has 1 aliphatic heterocycles. The van der Waals surface area contributed by atoms with Gasteiger partial charge in [0.15, 0.2) is 0 Å². The summed E-state index contributed by atoms with van der Waals surface area (Å²) in [4.78, 5) is 4.78. The lowest BCUT2D eigenvalue weighted by molar-refractivity contribution is 0.590. The summed E-state index contributed by atoms with van der Waals surface area (Å²) in [5, 5.41) is 4.90.